The maximum absolute atomic E-state index is 13.0. The molecule has 1 aliphatic heterocycles. The summed E-state index contributed by atoms with van der Waals surface area (Å²) in [5.74, 6) is -1.28. The summed E-state index contributed by atoms with van der Waals surface area (Å²) in [4.78, 5) is 27.9. The first kappa shape index (κ1) is 16.3. The smallest absolute Gasteiger partial charge is 0.245 e. The van der Waals surface area contributed by atoms with Gasteiger partial charge in [-0.2, -0.15) is 5.10 Å². The Balaban J connectivity index is 1.59. The van der Waals surface area contributed by atoms with E-state index in [4.69, 9.17) is 0 Å². The molecule has 0 aliphatic carbocycles. The number of amides is 2. The van der Waals surface area contributed by atoms with E-state index in [-0.39, 0.29) is 30.6 Å². The van der Waals surface area contributed by atoms with Gasteiger partial charge in [-0.15, -0.1) is 11.3 Å². The van der Waals surface area contributed by atoms with E-state index in [1.54, 1.807) is 17.6 Å². The number of carbonyl (C=O) groups is 2. The normalized spacial score (nSPS) is 17.7. The number of aryl methyl sites for hydroxylation is 1. The molecule has 1 aromatic heterocycles. The molecular formula is C17H16FN3O2S. The maximum atomic E-state index is 13.0. The molecule has 2 amide bonds. The second-order valence-electron chi connectivity index (χ2n) is 5.56. The van der Waals surface area contributed by atoms with Gasteiger partial charge in [0.25, 0.3) is 0 Å². The molecule has 1 N–H and O–H groups in total. The summed E-state index contributed by atoms with van der Waals surface area (Å²) < 4.78 is 13.0. The Kier molecular flexibility index (Phi) is 4.71. The van der Waals surface area contributed by atoms with Crippen molar-refractivity contribution in [1.82, 2.24) is 5.43 Å². The first-order chi connectivity index (χ1) is 11.5. The SMILES string of the molecule is Cc1ccc(/C=N/NC(=O)C2CC(=O)N(c3ccc(F)cc3)C2)s1. The number of hydrogen-bond donors (Lipinski definition) is 1. The van der Waals surface area contributed by atoms with Gasteiger partial charge < -0.3 is 4.90 Å². The van der Waals surface area contributed by atoms with Crippen molar-refractivity contribution in [2.45, 2.75) is 13.3 Å². The summed E-state index contributed by atoms with van der Waals surface area (Å²) in [6.45, 7) is 2.26. The molecule has 2 aromatic rings. The lowest BCUT2D eigenvalue weighted by Crippen LogP contribution is -2.30. The van der Waals surface area contributed by atoms with Gasteiger partial charge in [-0.3, -0.25) is 9.59 Å². The van der Waals surface area contributed by atoms with E-state index in [1.807, 2.05) is 19.1 Å². The van der Waals surface area contributed by atoms with Gasteiger partial charge in [0.2, 0.25) is 11.8 Å². The molecule has 1 atom stereocenters. The van der Waals surface area contributed by atoms with Gasteiger partial charge in [-0.05, 0) is 43.3 Å². The van der Waals surface area contributed by atoms with Crippen molar-refractivity contribution in [3.63, 3.8) is 0 Å². The number of benzene rings is 1. The quantitative estimate of drug-likeness (QED) is 0.684. The van der Waals surface area contributed by atoms with E-state index in [0.29, 0.717) is 5.69 Å². The zero-order chi connectivity index (χ0) is 17.1. The van der Waals surface area contributed by atoms with Crippen LogP contribution in [-0.2, 0) is 9.59 Å². The lowest BCUT2D eigenvalue weighted by atomic mass is 10.1. The molecule has 0 radical (unpaired) electrons. The van der Waals surface area contributed by atoms with Crippen molar-refractivity contribution in [3.8, 4) is 0 Å². The number of nitrogens with zero attached hydrogens (tertiary/aromatic N) is 2. The van der Waals surface area contributed by atoms with E-state index in [0.717, 1.165) is 4.88 Å². The molecule has 7 heteroatoms. The van der Waals surface area contributed by atoms with Crippen molar-refractivity contribution in [1.29, 1.82) is 0 Å². The molecule has 1 aliphatic rings. The van der Waals surface area contributed by atoms with Crippen LogP contribution in [0.4, 0.5) is 10.1 Å². The minimum atomic E-state index is -0.468. The van der Waals surface area contributed by atoms with Gasteiger partial charge in [0.05, 0.1) is 12.1 Å². The third kappa shape index (κ3) is 3.68. The van der Waals surface area contributed by atoms with Crippen molar-refractivity contribution >= 4 is 35.1 Å². The summed E-state index contributed by atoms with van der Waals surface area (Å²) in [7, 11) is 0. The highest BCUT2D eigenvalue weighted by molar-refractivity contribution is 7.13. The van der Waals surface area contributed by atoms with E-state index < -0.39 is 5.92 Å². The van der Waals surface area contributed by atoms with Crippen molar-refractivity contribution in [2.75, 3.05) is 11.4 Å². The lowest BCUT2D eigenvalue weighted by Gasteiger charge is -2.16. The molecule has 1 fully saturated rings. The molecule has 1 aromatic carbocycles. The summed E-state index contributed by atoms with van der Waals surface area (Å²) >= 11 is 1.58. The Morgan fingerprint density at radius 2 is 2.08 bits per heavy atom. The summed E-state index contributed by atoms with van der Waals surface area (Å²) in [5, 5.41) is 3.94. The highest BCUT2D eigenvalue weighted by Crippen LogP contribution is 2.25. The van der Waals surface area contributed by atoms with Gasteiger partial charge in [0, 0.05) is 28.4 Å². The second-order valence-corrected chi connectivity index (χ2v) is 6.88. The van der Waals surface area contributed by atoms with Crippen molar-refractivity contribution in [3.05, 3.63) is 52.0 Å². The van der Waals surface area contributed by atoms with Gasteiger partial charge in [0.15, 0.2) is 0 Å². The van der Waals surface area contributed by atoms with Crippen LogP contribution >= 0.6 is 11.3 Å². The average molecular weight is 345 g/mol. The van der Waals surface area contributed by atoms with Crippen LogP contribution in [0.3, 0.4) is 0 Å². The minimum absolute atomic E-state index is 0.122. The first-order valence-electron chi connectivity index (χ1n) is 7.48. The van der Waals surface area contributed by atoms with Crippen LogP contribution < -0.4 is 10.3 Å². The Hall–Kier alpha value is -2.54. The second kappa shape index (κ2) is 6.92. The molecular weight excluding hydrogens is 329 g/mol. The Morgan fingerprint density at radius 1 is 1.33 bits per heavy atom. The molecule has 1 unspecified atom stereocenters. The van der Waals surface area contributed by atoms with E-state index in [2.05, 4.69) is 10.5 Å². The maximum Gasteiger partial charge on any atom is 0.245 e. The largest absolute Gasteiger partial charge is 0.312 e. The van der Waals surface area contributed by atoms with Crippen LogP contribution in [0.5, 0.6) is 0 Å². The summed E-state index contributed by atoms with van der Waals surface area (Å²) in [5.41, 5.74) is 3.07. The van der Waals surface area contributed by atoms with Crippen LogP contribution in [0.1, 0.15) is 16.2 Å². The third-order valence-corrected chi connectivity index (χ3v) is 4.70. The summed E-state index contributed by atoms with van der Waals surface area (Å²) in [6.07, 6.45) is 1.71. The first-order valence-corrected chi connectivity index (χ1v) is 8.30. The summed E-state index contributed by atoms with van der Waals surface area (Å²) in [6, 6.07) is 9.55. The molecule has 124 valence electrons. The van der Waals surface area contributed by atoms with Gasteiger partial charge in [-0.1, -0.05) is 0 Å². The third-order valence-electron chi connectivity index (χ3n) is 3.76. The highest BCUT2D eigenvalue weighted by Gasteiger charge is 2.35. The Bertz CT molecular complexity index is 785. The van der Waals surface area contributed by atoms with Crippen molar-refractivity contribution < 1.29 is 14.0 Å². The predicted octanol–water partition coefficient (Wildman–Crippen LogP) is 2.70. The number of thiophene rings is 1. The molecule has 24 heavy (non-hydrogen) atoms. The van der Waals surface area contributed by atoms with Crippen LogP contribution in [0.15, 0.2) is 41.5 Å². The molecule has 0 spiro atoms. The highest BCUT2D eigenvalue weighted by atomic mass is 32.1. The Labute approximate surface area is 142 Å². The van der Waals surface area contributed by atoms with Gasteiger partial charge in [-0.25, -0.2) is 9.82 Å². The molecule has 1 saturated heterocycles. The van der Waals surface area contributed by atoms with Crippen LogP contribution in [0, 0.1) is 18.7 Å². The number of halogens is 1. The fraction of sp³-hybridized carbons (Fsp3) is 0.235. The number of anilines is 1. The van der Waals surface area contributed by atoms with Gasteiger partial charge in [0.1, 0.15) is 5.82 Å². The number of nitrogens with one attached hydrogen (secondary N) is 1. The van der Waals surface area contributed by atoms with E-state index in [1.165, 1.54) is 34.0 Å². The topological polar surface area (TPSA) is 61.8 Å². The van der Waals surface area contributed by atoms with E-state index in [9.17, 15) is 14.0 Å². The zero-order valence-corrected chi connectivity index (χ0v) is 13.8. The number of hydrazone groups is 1. The van der Waals surface area contributed by atoms with Crippen molar-refractivity contribution in [2.24, 2.45) is 11.0 Å². The fourth-order valence-electron chi connectivity index (χ4n) is 2.53. The number of carbonyl (C=O) groups excluding carboxylic acids is 2. The van der Waals surface area contributed by atoms with Crippen LogP contribution in [-0.4, -0.2) is 24.6 Å². The monoisotopic (exact) mass is 345 g/mol. The Morgan fingerprint density at radius 3 is 2.75 bits per heavy atom. The molecule has 0 saturated carbocycles. The zero-order valence-electron chi connectivity index (χ0n) is 13.0. The fourth-order valence-corrected chi connectivity index (χ4v) is 3.28. The number of hydrogen-bond acceptors (Lipinski definition) is 4. The van der Waals surface area contributed by atoms with E-state index >= 15 is 0 Å². The van der Waals surface area contributed by atoms with Crippen LogP contribution in [0.2, 0.25) is 0 Å². The van der Waals surface area contributed by atoms with Gasteiger partial charge >= 0.3 is 0 Å². The minimum Gasteiger partial charge on any atom is -0.312 e. The lowest BCUT2D eigenvalue weighted by molar-refractivity contribution is -0.126. The predicted molar refractivity (Wildman–Crippen MR) is 91.7 cm³/mol. The molecule has 5 nitrogen and oxygen atoms in total. The standard InChI is InChI=1S/C17H16FN3O2S/c1-11-2-7-15(24-11)9-19-20-17(23)12-8-16(22)21(10-12)14-5-3-13(18)4-6-14/h2-7,9,12H,8,10H2,1H3,(H,20,23)/b19-9+. The average Bonchev–Trinajstić information content (AvgIpc) is 3.14. The molecule has 3 rings (SSSR count). The number of rotatable bonds is 4. The molecule has 2 heterocycles. The molecule has 0 bridgehead atoms. The van der Waals surface area contributed by atoms with Crippen LogP contribution in [0.25, 0.3) is 0 Å².